The number of hydrogen-bond acceptors (Lipinski definition) is 5. The van der Waals surface area contributed by atoms with Crippen LogP contribution in [-0.2, 0) is 4.79 Å². The molecule has 0 aliphatic carbocycles. The molecule has 0 radical (unpaired) electrons. The highest BCUT2D eigenvalue weighted by Crippen LogP contribution is 2.13. The molecule has 0 heterocycles. The highest BCUT2D eigenvalue weighted by atomic mass is 16.5. The van der Waals surface area contributed by atoms with E-state index in [1.165, 1.54) is 0 Å². The van der Waals surface area contributed by atoms with Crippen LogP contribution in [0.1, 0.15) is 22.8 Å². The summed E-state index contributed by atoms with van der Waals surface area (Å²) in [7, 11) is 0. The highest BCUT2D eigenvalue weighted by Gasteiger charge is 2.09. The predicted molar refractivity (Wildman–Crippen MR) is 118 cm³/mol. The van der Waals surface area contributed by atoms with Gasteiger partial charge in [-0.1, -0.05) is 42.5 Å². The number of carbonyl (C=O) groups is 2. The SMILES string of the molecule is C/C(=N\NC(=O)c1ccccc1N)c1cccc(NC(=O)COc2ccccc2)c1. The quantitative estimate of drug-likeness (QED) is 0.320. The number of nitrogens with zero attached hydrogens (tertiary/aromatic N) is 1. The van der Waals surface area contributed by atoms with Gasteiger partial charge in [0.1, 0.15) is 5.75 Å². The zero-order valence-electron chi connectivity index (χ0n) is 16.5. The van der Waals surface area contributed by atoms with Gasteiger partial charge in [0.2, 0.25) is 0 Å². The molecular weight excluding hydrogens is 380 g/mol. The highest BCUT2D eigenvalue weighted by molar-refractivity contribution is 6.03. The molecule has 0 spiro atoms. The summed E-state index contributed by atoms with van der Waals surface area (Å²) in [6, 6.07) is 23.0. The Morgan fingerprint density at radius 1 is 0.967 bits per heavy atom. The summed E-state index contributed by atoms with van der Waals surface area (Å²) in [6.07, 6.45) is 0. The fourth-order valence-corrected chi connectivity index (χ4v) is 2.65. The maximum Gasteiger partial charge on any atom is 0.273 e. The molecule has 0 bridgehead atoms. The van der Waals surface area contributed by atoms with Crippen LogP contribution in [0.25, 0.3) is 0 Å². The van der Waals surface area contributed by atoms with E-state index in [9.17, 15) is 9.59 Å². The topological polar surface area (TPSA) is 106 Å². The number of anilines is 2. The van der Waals surface area contributed by atoms with Crippen LogP contribution in [0, 0.1) is 0 Å². The lowest BCUT2D eigenvalue weighted by atomic mass is 10.1. The van der Waals surface area contributed by atoms with Crippen LogP contribution in [0.4, 0.5) is 11.4 Å². The van der Waals surface area contributed by atoms with E-state index < -0.39 is 5.91 Å². The van der Waals surface area contributed by atoms with Crippen LogP contribution in [0.2, 0.25) is 0 Å². The maximum absolute atomic E-state index is 12.2. The van der Waals surface area contributed by atoms with Crippen LogP contribution in [-0.4, -0.2) is 24.1 Å². The van der Waals surface area contributed by atoms with Gasteiger partial charge in [0.25, 0.3) is 11.8 Å². The summed E-state index contributed by atoms with van der Waals surface area (Å²) in [5.41, 5.74) is 11.0. The van der Waals surface area contributed by atoms with Crippen molar-refractivity contribution in [3.05, 3.63) is 90.0 Å². The number of carbonyl (C=O) groups excluding carboxylic acids is 2. The van der Waals surface area contributed by atoms with E-state index in [1.54, 1.807) is 61.5 Å². The van der Waals surface area contributed by atoms with Gasteiger partial charge in [0, 0.05) is 11.4 Å². The van der Waals surface area contributed by atoms with Crippen molar-refractivity contribution in [2.75, 3.05) is 17.7 Å². The summed E-state index contributed by atoms with van der Waals surface area (Å²) >= 11 is 0. The minimum atomic E-state index is -0.394. The largest absolute Gasteiger partial charge is 0.484 e. The van der Waals surface area contributed by atoms with Crippen molar-refractivity contribution in [2.24, 2.45) is 5.10 Å². The first kappa shape index (κ1) is 20.6. The lowest BCUT2D eigenvalue weighted by Crippen LogP contribution is -2.21. The second-order valence-corrected chi connectivity index (χ2v) is 6.46. The zero-order valence-corrected chi connectivity index (χ0v) is 16.5. The van der Waals surface area contributed by atoms with Gasteiger partial charge >= 0.3 is 0 Å². The monoisotopic (exact) mass is 402 g/mol. The summed E-state index contributed by atoms with van der Waals surface area (Å²) < 4.78 is 5.44. The molecular formula is C23H22N4O3. The van der Waals surface area contributed by atoms with Crippen LogP contribution >= 0.6 is 0 Å². The molecule has 0 aromatic heterocycles. The number of ether oxygens (including phenoxy) is 1. The third-order valence-corrected chi connectivity index (χ3v) is 4.21. The molecule has 0 saturated heterocycles. The predicted octanol–water partition coefficient (Wildman–Crippen LogP) is 3.44. The van der Waals surface area contributed by atoms with E-state index in [-0.39, 0.29) is 12.5 Å². The van der Waals surface area contributed by atoms with E-state index in [4.69, 9.17) is 10.5 Å². The number of hydrogen-bond donors (Lipinski definition) is 3. The van der Waals surface area contributed by atoms with Gasteiger partial charge in [0.05, 0.1) is 11.3 Å². The Bertz CT molecular complexity index is 1060. The van der Waals surface area contributed by atoms with E-state index in [2.05, 4.69) is 15.8 Å². The molecule has 0 saturated carbocycles. The Labute approximate surface area is 174 Å². The first-order chi connectivity index (χ1) is 14.5. The number of hydrazone groups is 1. The van der Waals surface area contributed by atoms with Gasteiger partial charge < -0.3 is 15.8 Å². The van der Waals surface area contributed by atoms with Gasteiger partial charge in [-0.2, -0.15) is 5.10 Å². The minimum Gasteiger partial charge on any atom is -0.484 e. The first-order valence-corrected chi connectivity index (χ1v) is 9.30. The third kappa shape index (κ3) is 5.68. The number of para-hydroxylation sites is 2. The lowest BCUT2D eigenvalue weighted by Gasteiger charge is -2.09. The molecule has 0 unspecified atom stereocenters. The van der Waals surface area contributed by atoms with Crippen molar-refractivity contribution in [2.45, 2.75) is 6.92 Å². The van der Waals surface area contributed by atoms with Crippen LogP contribution in [0.15, 0.2) is 84.0 Å². The van der Waals surface area contributed by atoms with Gasteiger partial charge in [-0.3, -0.25) is 9.59 Å². The van der Waals surface area contributed by atoms with Crippen LogP contribution in [0.3, 0.4) is 0 Å². The smallest absolute Gasteiger partial charge is 0.273 e. The zero-order chi connectivity index (χ0) is 21.3. The minimum absolute atomic E-state index is 0.101. The maximum atomic E-state index is 12.2. The number of nitrogens with two attached hydrogens (primary N) is 1. The van der Waals surface area contributed by atoms with E-state index in [0.29, 0.717) is 28.4 Å². The molecule has 4 N–H and O–H groups in total. The lowest BCUT2D eigenvalue weighted by molar-refractivity contribution is -0.118. The molecule has 2 amide bonds. The van der Waals surface area contributed by atoms with Gasteiger partial charge in [-0.25, -0.2) is 5.43 Å². The molecule has 7 nitrogen and oxygen atoms in total. The molecule has 3 rings (SSSR count). The Morgan fingerprint density at radius 2 is 1.70 bits per heavy atom. The summed E-state index contributed by atoms with van der Waals surface area (Å²) in [4.78, 5) is 24.4. The van der Waals surface area contributed by atoms with Gasteiger partial charge in [0.15, 0.2) is 6.61 Å². The molecule has 30 heavy (non-hydrogen) atoms. The van der Waals surface area contributed by atoms with Crippen molar-refractivity contribution >= 4 is 28.9 Å². The molecule has 0 aliphatic heterocycles. The second-order valence-electron chi connectivity index (χ2n) is 6.46. The van der Waals surface area contributed by atoms with Gasteiger partial charge in [-0.05, 0) is 48.9 Å². The first-order valence-electron chi connectivity index (χ1n) is 9.30. The molecule has 3 aromatic rings. The fraction of sp³-hybridized carbons (Fsp3) is 0.0870. The Kier molecular flexibility index (Phi) is 6.78. The average Bonchev–Trinajstić information content (AvgIpc) is 2.77. The molecule has 0 fully saturated rings. The Morgan fingerprint density at radius 3 is 2.47 bits per heavy atom. The summed E-state index contributed by atoms with van der Waals surface area (Å²) in [6.45, 7) is 1.66. The third-order valence-electron chi connectivity index (χ3n) is 4.21. The van der Waals surface area contributed by atoms with Crippen molar-refractivity contribution in [1.29, 1.82) is 0 Å². The van der Waals surface area contributed by atoms with Gasteiger partial charge in [-0.15, -0.1) is 0 Å². The van der Waals surface area contributed by atoms with Crippen molar-refractivity contribution in [3.63, 3.8) is 0 Å². The van der Waals surface area contributed by atoms with E-state index in [0.717, 1.165) is 5.56 Å². The Balaban J connectivity index is 1.59. The molecule has 3 aromatic carbocycles. The Hall–Kier alpha value is -4.13. The standard InChI is InChI=1S/C23H22N4O3/c1-16(26-27-23(29)20-12-5-6-13-21(20)24)17-8-7-9-18(14-17)25-22(28)15-30-19-10-3-2-4-11-19/h2-14H,15,24H2,1H3,(H,25,28)(H,27,29)/b26-16+. The average molecular weight is 402 g/mol. The fourth-order valence-electron chi connectivity index (χ4n) is 2.65. The summed E-state index contributed by atoms with van der Waals surface area (Å²) in [5, 5.41) is 6.92. The number of nitrogens with one attached hydrogen (secondary N) is 2. The van der Waals surface area contributed by atoms with Crippen LogP contribution in [0.5, 0.6) is 5.75 Å². The number of amides is 2. The van der Waals surface area contributed by atoms with Crippen molar-refractivity contribution in [1.82, 2.24) is 5.43 Å². The van der Waals surface area contributed by atoms with E-state index in [1.807, 2.05) is 24.3 Å². The molecule has 7 heteroatoms. The molecule has 0 atom stereocenters. The number of rotatable bonds is 7. The normalized spacial score (nSPS) is 10.9. The molecule has 0 aliphatic rings. The number of nitrogen functional groups attached to an aromatic ring is 1. The van der Waals surface area contributed by atoms with Crippen molar-refractivity contribution < 1.29 is 14.3 Å². The number of benzene rings is 3. The van der Waals surface area contributed by atoms with Crippen LogP contribution < -0.4 is 21.2 Å². The molecule has 152 valence electrons. The summed E-state index contributed by atoms with van der Waals surface area (Å²) in [5.74, 6) is -0.0485. The second kappa shape index (κ2) is 9.88. The van der Waals surface area contributed by atoms with Crippen molar-refractivity contribution in [3.8, 4) is 5.75 Å². The van der Waals surface area contributed by atoms with E-state index >= 15 is 0 Å².